The van der Waals surface area contributed by atoms with Crippen LogP contribution in [0.3, 0.4) is 0 Å². The third-order valence-corrected chi connectivity index (χ3v) is 4.89. The summed E-state index contributed by atoms with van der Waals surface area (Å²) in [6, 6.07) is 7.47. The summed E-state index contributed by atoms with van der Waals surface area (Å²) in [6.07, 6.45) is 1.80. The zero-order valence-electron chi connectivity index (χ0n) is 14.9. The fraction of sp³-hybridized carbons (Fsp3) is 0.526. The number of ether oxygens (including phenoxy) is 1. The molecule has 0 spiro atoms. The Kier molecular flexibility index (Phi) is 5.48. The van der Waals surface area contributed by atoms with E-state index in [1.807, 2.05) is 43.0 Å². The maximum atomic E-state index is 12.8. The predicted molar refractivity (Wildman–Crippen MR) is 96.5 cm³/mol. The van der Waals surface area contributed by atoms with Crippen LogP contribution in [-0.2, 0) is 16.1 Å². The number of fused-ring (bicyclic) bond motifs is 1. The molecule has 0 atom stereocenters. The second-order valence-corrected chi connectivity index (χ2v) is 6.55. The van der Waals surface area contributed by atoms with E-state index in [4.69, 9.17) is 4.74 Å². The fourth-order valence-corrected chi connectivity index (χ4v) is 3.40. The topological polar surface area (TPSA) is 64.4 Å². The molecule has 134 valence electrons. The number of aryl methyl sites for hydroxylation is 1. The maximum Gasteiger partial charge on any atom is 0.261 e. The van der Waals surface area contributed by atoms with Crippen LogP contribution in [0.15, 0.2) is 29.1 Å². The minimum absolute atomic E-state index is 0.0259. The largest absolute Gasteiger partial charge is 0.372 e. The molecule has 1 aliphatic heterocycles. The van der Waals surface area contributed by atoms with E-state index in [0.717, 1.165) is 37.3 Å². The lowest BCUT2D eigenvalue weighted by molar-refractivity contribution is -0.137. The molecule has 0 bridgehead atoms. The summed E-state index contributed by atoms with van der Waals surface area (Å²) >= 11 is 0. The van der Waals surface area contributed by atoms with Crippen molar-refractivity contribution >= 4 is 16.8 Å². The second kappa shape index (κ2) is 7.78. The summed E-state index contributed by atoms with van der Waals surface area (Å²) in [5.74, 6) is 1.19. The number of carbonyl (C=O) groups is 1. The highest BCUT2D eigenvalue weighted by Crippen LogP contribution is 2.20. The van der Waals surface area contributed by atoms with E-state index < -0.39 is 0 Å². The fourth-order valence-electron chi connectivity index (χ4n) is 3.40. The van der Waals surface area contributed by atoms with Gasteiger partial charge in [-0.05, 0) is 44.7 Å². The zero-order chi connectivity index (χ0) is 17.8. The number of benzene rings is 1. The van der Waals surface area contributed by atoms with E-state index in [1.165, 1.54) is 0 Å². The Labute approximate surface area is 147 Å². The number of para-hydroxylation sites is 1. The van der Waals surface area contributed by atoms with Crippen LogP contribution in [0.25, 0.3) is 10.9 Å². The van der Waals surface area contributed by atoms with Gasteiger partial charge in [-0.1, -0.05) is 12.1 Å². The van der Waals surface area contributed by atoms with E-state index in [9.17, 15) is 9.59 Å². The standard InChI is InChI=1S/C19H25N3O3/c1-3-25-13-18(23)21-10-8-15(9-11-21)12-22-14(2)20-17-7-5-4-6-16(17)19(22)24/h4-7,15H,3,8-13H2,1-2H3. The Hall–Kier alpha value is -2.21. The lowest BCUT2D eigenvalue weighted by Gasteiger charge is -2.32. The zero-order valence-corrected chi connectivity index (χ0v) is 14.9. The van der Waals surface area contributed by atoms with Crippen molar-refractivity contribution in [1.82, 2.24) is 14.5 Å². The highest BCUT2D eigenvalue weighted by molar-refractivity contribution is 5.78. The molecular weight excluding hydrogens is 318 g/mol. The predicted octanol–water partition coefficient (Wildman–Crippen LogP) is 1.98. The smallest absolute Gasteiger partial charge is 0.261 e. The number of amides is 1. The number of nitrogens with zero attached hydrogens (tertiary/aromatic N) is 3. The normalized spacial score (nSPS) is 15.7. The van der Waals surface area contributed by atoms with Crippen molar-refractivity contribution in [1.29, 1.82) is 0 Å². The van der Waals surface area contributed by atoms with Crippen LogP contribution in [0.5, 0.6) is 0 Å². The highest BCUT2D eigenvalue weighted by Gasteiger charge is 2.24. The maximum absolute atomic E-state index is 12.8. The highest BCUT2D eigenvalue weighted by atomic mass is 16.5. The molecule has 0 unspecified atom stereocenters. The average molecular weight is 343 g/mol. The van der Waals surface area contributed by atoms with Crippen LogP contribution in [0.2, 0.25) is 0 Å². The summed E-state index contributed by atoms with van der Waals surface area (Å²) in [6.45, 7) is 6.60. The Morgan fingerprint density at radius 1 is 1.28 bits per heavy atom. The lowest BCUT2D eigenvalue weighted by Crippen LogP contribution is -2.42. The minimum atomic E-state index is 0.0259. The van der Waals surface area contributed by atoms with Gasteiger partial charge in [0, 0.05) is 26.2 Å². The molecule has 1 aromatic heterocycles. The third-order valence-electron chi connectivity index (χ3n) is 4.89. The number of hydrogen-bond donors (Lipinski definition) is 0. The molecule has 1 aliphatic rings. The Bertz CT molecular complexity index is 807. The van der Waals surface area contributed by atoms with Crippen LogP contribution < -0.4 is 5.56 Å². The summed E-state index contributed by atoms with van der Waals surface area (Å²) in [4.78, 5) is 31.2. The van der Waals surface area contributed by atoms with Gasteiger partial charge in [0.05, 0.1) is 10.9 Å². The number of carbonyl (C=O) groups excluding carboxylic acids is 1. The van der Waals surface area contributed by atoms with E-state index >= 15 is 0 Å². The van der Waals surface area contributed by atoms with Gasteiger partial charge in [-0.15, -0.1) is 0 Å². The lowest BCUT2D eigenvalue weighted by atomic mass is 9.96. The van der Waals surface area contributed by atoms with Crippen molar-refractivity contribution < 1.29 is 9.53 Å². The number of rotatable bonds is 5. The van der Waals surface area contributed by atoms with Crippen LogP contribution in [0, 0.1) is 12.8 Å². The monoisotopic (exact) mass is 343 g/mol. The average Bonchev–Trinajstić information content (AvgIpc) is 2.63. The Morgan fingerprint density at radius 3 is 2.72 bits per heavy atom. The van der Waals surface area contributed by atoms with Crippen LogP contribution >= 0.6 is 0 Å². The van der Waals surface area contributed by atoms with Gasteiger partial charge in [-0.2, -0.15) is 0 Å². The molecule has 0 saturated carbocycles. The van der Waals surface area contributed by atoms with Gasteiger partial charge >= 0.3 is 0 Å². The van der Waals surface area contributed by atoms with Gasteiger partial charge in [-0.25, -0.2) is 4.98 Å². The van der Waals surface area contributed by atoms with Gasteiger partial charge in [0.25, 0.3) is 5.56 Å². The molecular formula is C19H25N3O3. The van der Waals surface area contributed by atoms with Crippen molar-refractivity contribution in [2.45, 2.75) is 33.2 Å². The number of aromatic nitrogens is 2. The van der Waals surface area contributed by atoms with Gasteiger partial charge in [0.2, 0.25) is 5.91 Å². The van der Waals surface area contributed by atoms with Crippen molar-refractivity contribution in [3.63, 3.8) is 0 Å². The molecule has 1 aromatic carbocycles. The van der Waals surface area contributed by atoms with Crippen molar-refractivity contribution in [3.8, 4) is 0 Å². The quantitative estimate of drug-likeness (QED) is 0.833. The first-order valence-electron chi connectivity index (χ1n) is 8.92. The van der Waals surface area contributed by atoms with Crippen LogP contribution in [0.4, 0.5) is 0 Å². The van der Waals surface area contributed by atoms with E-state index in [1.54, 1.807) is 4.57 Å². The molecule has 0 N–H and O–H groups in total. The summed E-state index contributed by atoms with van der Waals surface area (Å²) in [7, 11) is 0. The summed E-state index contributed by atoms with van der Waals surface area (Å²) in [5.41, 5.74) is 0.774. The minimum Gasteiger partial charge on any atom is -0.372 e. The molecule has 2 aromatic rings. The van der Waals surface area contributed by atoms with Crippen LogP contribution in [0.1, 0.15) is 25.6 Å². The number of piperidine rings is 1. The molecule has 0 aliphatic carbocycles. The summed E-state index contributed by atoms with van der Waals surface area (Å²) < 4.78 is 6.98. The first-order chi connectivity index (χ1) is 12.1. The second-order valence-electron chi connectivity index (χ2n) is 6.55. The van der Waals surface area contributed by atoms with E-state index in [-0.39, 0.29) is 18.1 Å². The Balaban J connectivity index is 1.67. The molecule has 25 heavy (non-hydrogen) atoms. The van der Waals surface area contributed by atoms with Gasteiger partial charge in [-0.3, -0.25) is 14.2 Å². The number of likely N-dealkylation sites (tertiary alicyclic amines) is 1. The van der Waals surface area contributed by atoms with E-state index in [0.29, 0.717) is 24.5 Å². The molecule has 1 saturated heterocycles. The molecule has 0 radical (unpaired) electrons. The molecule has 2 heterocycles. The third kappa shape index (κ3) is 3.90. The SMILES string of the molecule is CCOCC(=O)N1CCC(Cn2c(C)nc3ccccc3c2=O)CC1. The molecule has 1 amide bonds. The van der Waals surface area contributed by atoms with Crippen LogP contribution in [-0.4, -0.2) is 46.7 Å². The van der Waals surface area contributed by atoms with Gasteiger partial charge < -0.3 is 9.64 Å². The molecule has 1 fully saturated rings. The molecule has 6 heteroatoms. The first-order valence-corrected chi connectivity index (χ1v) is 8.92. The molecule has 6 nitrogen and oxygen atoms in total. The first kappa shape index (κ1) is 17.6. The van der Waals surface area contributed by atoms with Gasteiger partial charge in [0.15, 0.2) is 0 Å². The van der Waals surface area contributed by atoms with Crippen molar-refractivity contribution in [3.05, 3.63) is 40.4 Å². The van der Waals surface area contributed by atoms with Crippen molar-refractivity contribution in [2.75, 3.05) is 26.3 Å². The van der Waals surface area contributed by atoms with Gasteiger partial charge in [0.1, 0.15) is 12.4 Å². The van der Waals surface area contributed by atoms with Crippen molar-refractivity contribution in [2.24, 2.45) is 5.92 Å². The molecule has 3 rings (SSSR count). The Morgan fingerprint density at radius 2 is 2.00 bits per heavy atom. The number of hydrogen-bond acceptors (Lipinski definition) is 4. The van der Waals surface area contributed by atoms with E-state index in [2.05, 4.69) is 4.98 Å². The summed E-state index contributed by atoms with van der Waals surface area (Å²) in [5, 5.41) is 0.664.